The van der Waals surface area contributed by atoms with Crippen LogP contribution in [0, 0.1) is 0 Å². The highest BCUT2D eigenvalue weighted by Crippen LogP contribution is 2.48. The number of nitrogens with zero attached hydrogens (tertiary/aromatic N) is 1. The summed E-state index contributed by atoms with van der Waals surface area (Å²) in [7, 11) is 5.48. The first-order valence-electron chi connectivity index (χ1n) is 14.0. The van der Waals surface area contributed by atoms with Crippen LogP contribution in [0.2, 0.25) is 0 Å². The van der Waals surface area contributed by atoms with Gasteiger partial charge in [-0.05, 0) is 56.8 Å². The number of nitrogens with one attached hydrogen (secondary N) is 1. The molecule has 3 aromatic rings. The molecule has 1 saturated heterocycles. The maximum Gasteiger partial charge on any atom is 0.162 e. The smallest absolute Gasteiger partial charge is 0.162 e. The first-order valence-corrected chi connectivity index (χ1v) is 15.4. The fraction of sp³-hybridized carbons (Fsp3) is 0.424. The number of thiol groups is 1. The van der Waals surface area contributed by atoms with Gasteiger partial charge in [-0.2, -0.15) is 12.6 Å². The molecule has 7 nitrogen and oxygen atoms in total. The van der Waals surface area contributed by atoms with Gasteiger partial charge in [-0.25, -0.2) is 0 Å². The van der Waals surface area contributed by atoms with Gasteiger partial charge in [-0.15, -0.1) is 11.8 Å². The van der Waals surface area contributed by atoms with E-state index in [1.54, 1.807) is 14.0 Å². The van der Waals surface area contributed by atoms with Crippen molar-refractivity contribution in [1.82, 2.24) is 10.2 Å². The Balaban J connectivity index is 1.52. The minimum Gasteiger partial charge on any atom is -0.497 e. The molecule has 0 radical (unpaired) electrons. The molecule has 226 valence electrons. The Morgan fingerprint density at radius 2 is 1.52 bits per heavy atom. The highest BCUT2D eigenvalue weighted by molar-refractivity contribution is 8.11. The molecule has 0 aliphatic carbocycles. The Kier molecular flexibility index (Phi) is 11.5. The van der Waals surface area contributed by atoms with E-state index in [1.165, 1.54) is 11.8 Å². The molecule has 0 spiro atoms. The van der Waals surface area contributed by atoms with Gasteiger partial charge in [0.1, 0.15) is 18.1 Å². The molecule has 42 heavy (non-hydrogen) atoms. The van der Waals surface area contributed by atoms with Crippen LogP contribution in [0.15, 0.2) is 84.9 Å². The third kappa shape index (κ3) is 7.96. The van der Waals surface area contributed by atoms with Gasteiger partial charge in [0.2, 0.25) is 0 Å². The van der Waals surface area contributed by atoms with Crippen molar-refractivity contribution in [2.45, 2.75) is 54.4 Å². The summed E-state index contributed by atoms with van der Waals surface area (Å²) in [6, 6.07) is 27.8. The van der Waals surface area contributed by atoms with Crippen molar-refractivity contribution in [2.75, 3.05) is 34.4 Å². The van der Waals surface area contributed by atoms with Crippen LogP contribution in [0.4, 0.5) is 0 Å². The van der Waals surface area contributed by atoms with Crippen molar-refractivity contribution in [3.63, 3.8) is 0 Å². The summed E-state index contributed by atoms with van der Waals surface area (Å²) in [5.74, 6) is 0.733. The molecular weight excluding hydrogens is 569 g/mol. The van der Waals surface area contributed by atoms with E-state index < -0.39 is 10.4 Å². The number of methoxy groups -OCH3 is 1. The molecule has 3 unspecified atom stereocenters. The molecule has 0 bridgehead atoms. The van der Waals surface area contributed by atoms with E-state index in [0.717, 1.165) is 22.4 Å². The van der Waals surface area contributed by atoms with Crippen LogP contribution in [-0.4, -0.2) is 67.8 Å². The number of ketones is 1. The quantitative estimate of drug-likeness (QED) is 0.114. The minimum atomic E-state index is -1.06. The lowest BCUT2D eigenvalue weighted by Gasteiger charge is -2.40. The lowest BCUT2D eigenvalue weighted by molar-refractivity contribution is -0.127. The second-order valence-corrected chi connectivity index (χ2v) is 13.0. The van der Waals surface area contributed by atoms with Crippen LogP contribution in [0.25, 0.3) is 0 Å². The summed E-state index contributed by atoms with van der Waals surface area (Å²) < 4.78 is 23.7. The molecule has 5 atom stereocenters. The predicted octanol–water partition coefficient (Wildman–Crippen LogP) is 5.71. The molecule has 4 rings (SSSR count). The predicted molar refractivity (Wildman–Crippen MR) is 172 cm³/mol. The van der Waals surface area contributed by atoms with Crippen molar-refractivity contribution >= 4 is 30.2 Å². The number of carbonyl (C=O) groups is 1. The maximum absolute atomic E-state index is 13.6. The largest absolute Gasteiger partial charge is 0.497 e. The highest BCUT2D eigenvalue weighted by Gasteiger charge is 2.59. The van der Waals surface area contributed by atoms with Crippen LogP contribution >= 0.6 is 24.4 Å². The van der Waals surface area contributed by atoms with Gasteiger partial charge in [-0.3, -0.25) is 9.69 Å². The van der Waals surface area contributed by atoms with Gasteiger partial charge in [0.25, 0.3) is 0 Å². The van der Waals surface area contributed by atoms with E-state index in [0.29, 0.717) is 19.8 Å². The molecule has 1 aliphatic heterocycles. The van der Waals surface area contributed by atoms with E-state index in [-0.39, 0.29) is 29.3 Å². The zero-order valence-electron chi connectivity index (χ0n) is 25.0. The van der Waals surface area contributed by atoms with Crippen LogP contribution in [0.3, 0.4) is 0 Å². The molecule has 0 aromatic heterocycles. The van der Waals surface area contributed by atoms with Crippen LogP contribution in [-0.2, 0) is 32.2 Å². The van der Waals surface area contributed by atoms with Crippen molar-refractivity contribution in [2.24, 2.45) is 0 Å². The topological polar surface area (TPSA) is 72.6 Å². The summed E-state index contributed by atoms with van der Waals surface area (Å²) in [6.07, 6.45) is -0.521. The number of hydrogen-bond acceptors (Lipinski definition) is 9. The Bertz CT molecular complexity index is 1270. The standard InChI is InChI=1S/C33H42N2O5S2/c1-24(36)33(23-39-21-26-14-10-7-11-15-26,42-31(41)27-16-18-28(37-5)19-17-27)35(4)30-29(40-30)32(2,34-3)22-38-20-25-12-8-6-9-13-25/h6-19,29-31,34,41H,20-23H2,1-5H3/t29?,30?,31?,32-,33+/m1/s1. The first kappa shape index (κ1) is 32.5. The number of Topliss-reactive ketones (excluding diaryl/α,β-unsaturated/α-hetero) is 1. The number of benzene rings is 3. The summed E-state index contributed by atoms with van der Waals surface area (Å²) in [4.78, 5) is 14.6. The van der Waals surface area contributed by atoms with Gasteiger partial charge in [0.05, 0.1) is 43.7 Å². The number of rotatable bonds is 17. The van der Waals surface area contributed by atoms with Gasteiger partial charge in [0.15, 0.2) is 10.7 Å². The Labute approximate surface area is 259 Å². The van der Waals surface area contributed by atoms with Crippen LogP contribution < -0.4 is 10.1 Å². The van der Waals surface area contributed by atoms with Crippen molar-refractivity contribution in [3.8, 4) is 5.75 Å². The van der Waals surface area contributed by atoms with E-state index in [4.69, 9.17) is 31.6 Å². The number of ether oxygens (including phenoxy) is 4. The molecular formula is C33H42N2O5S2. The molecule has 1 aliphatic rings. The normalized spacial score (nSPS) is 20.0. The zero-order valence-corrected chi connectivity index (χ0v) is 26.7. The van der Waals surface area contributed by atoms with Crippen molar-refractivity contribution in [1.29, 1.82) is 0 Å². The monoisotopic (exact) mass is 610 g/mol. The average molecular weight is 611 g/mol. The summed E-state index contributed by atoms with van der Waals surface area (Å²) in [5.41, 5.74) is 2.65. The van der Waals surface area contributed by atoms with Crippen molar-refractivity contribution in [3.05, 3.63) is 102 Å². The number of hydrogen-bond donors (Lipinski definition) is 2. The molecule has 9 heteroatoms. The lowest BCUT2D eigenvalue weighted by atomic mass is 9.97. The van der Waals surface area contributed by atoms with E-state index in [1.807, 2.05) is 104 Å². The van der Waals surface area contributed by atoms with Gasteiger partial charge in [-0.1, -0.05) is 72.8 Å². The summed E-state index contributed by atoms with van der Waals surface area (Å²) in [6.45, 7) is 5.21. The van der Waals surface area contributed by atoms with E-state index >= 15 is 0 Å². The fourth-order valence-electron chi connectivity index (χ4n) is 4.88. The molecule has 0 amide bonds. The Morgan fingerprint density at radius 3 is 2.02 bits per heavy atom. The number of epoxide rings is 1. The maximum atomic E-state index is 13.6. The molecule has 3 aromatic carbocycles. The number of carbonyl (C=O) groups excluding carboxylic acids is 1. The Hall–Kier alpha value is -2.37. The first-order chi connectivity index (χ1) is 20.2. The van der Waals surface area contributed by atoms with E-state index in [9.17, 15) is 4.79 Å². The summed E-state index contributed by atoms with van der Waals surface area (Å²) in [5, 5.41) is 3.41. The molecule has 1 fully saturated rings. The third-order valence-corrected chi connectivity index (χ3v) is 9.99. The third-order valence-electron chi connectivity index (χ3n) is 7.80. The second kappa shape index (κ2) is 14.9. The van der Waals surface area contributed by atoms with E-state index in [2.05, 4.69) is 12.2 Å². The second-order valence-electron chi connectivity index (χ2n) is 10.8. The molecule has 0 saturated carbocycles. The molecule has 1 N–H and O–H groups in total. The fourth-order valence-corrected chi connectivity index (χ4v) is 6.82. The highest BCUT2D eigenvalue weighted by atomic mass is 32.2. The summed E-state index contributed by atoms with van der Waals surface area (Å²) >= 11 is 6.40. The van der Waals surface area contributed by atoms with Gasteiger partial charge >= 0.3 is 0 Å². The Morgan fingerprint density at radius 1 is 0.976 bits per heavy atom. The average Bonchev–Trinajstić information content (AvgIpc) is 3.83. The number of thioether (sulfide) groups is 1. The zero-order chi connectivity index (χ0) is 30.2. The lowest BCUT2D eigenvalue weighted by Crippen LogP contribution is -2.57. The van der Waals surface area contributed by atoms with Gasteiger partial charge < -0.3 is 24.3 Å². The van der Waals surface area contributed by atoms with Gasteiger partial charge in [0, 0.05) is 0 Å². The molecule has 1 heterocycles. The van der Waals surface area contributed by atoms with Crippen LogP contribution in [0.5, 0.6) is 5.75 Å². The minimum absolute atomic E-state index is 0.0311. The number of likely N-dealkylation sites (N-methyl/N-ethyl adjacent to an activating group) is 2. The van der Waals surface area contributed by atoms with Crippen molar-refractivity contribution < 1.29 is 23.7 Å². The SMILES string of the molecule is CN[C@](C)(COCc1ccccc1)C1OC1N(C)[C@@](COCc1ccccc1)(SC(S)c1ccc(OC)cc1)C(C)=O. The van der Waals surface area contributed by atoms with Crippen LogP contribution in [0.1, 0.15) is 35.1 Å².